The van der Waals surface area contributed by atoms with E-state index < -0.39 is 0 Å². The molecule has 0 aliphatic carbocycles. The molecule has 5 heteroatoms. The summed E-state index contributed by atoms with van der Waals surface area (Å²) in [7, 11) is 3.82. The highest BCUT2D eigenvalue weighted by Crippen LogP contribution is 2.23. The molecule has 21 heavy (non-hydrogen) atoms. The van der Waals surface area contributed by atoms with Gasteiger partial charge in [-0.05, 0) is 43.7 Å². The summed E-state index contributed by atoms with van der Waals surface area (Å²) in [5.74, 6) is -0.102. The van der Waals surface area contributed by atoms with Crippen molar-refractivity contribution in [3.63, 3.8) is 0 Å². The Kier molecular flexibility index (Phi) is 4.53. The van der Waals surface area contributed by atoms with Gasteiger partial charge < -0.3 is 16.0 Å². The fourth-order valence-corrected chi connectivity index (χ4v) is 3.12. The van der Waals surface area contributed by atoms with E-state index >= 15 is 0 Å². The normalized spacial score (nSPS) is 10.5. The third kappa shape index (κ3) is 3.55. The van der Waals surface area contributed by atoms with E-state index in [-0.39, 0.29) is 5.91 Å². The summed E-state index contributed by atoms with van der Waals surface area (Å²) in [5, 5.41) is 2.97. The Morgan fingerprint density at radius 2 is 2.00 bits per heavy atom. The van der Waals surface area contributed by atoms with E-state index in [9.17, 15) is 4.79 Å². The molecule has 2 aromatic rings. The second-order valence-corrected chi connectivity index (χ2v) is 6.65. The number of anilines is 2. The van der Waals surface area contributed by atoms with E-state index in [1.807, 2.05) is 25.1 Å². The van der Waals surface area contributed by atoms with Crippen LogP contribution in [0.15, 0.2) is 24.3 Å². The molecule has 112 valence electrons. The first-order valence-electron chi connectivity index (χ1n) is 6.79. The molecular weight excluding hydrogens is 282 g/mol. The number of nitrogen functional groups attached to an aromatic ring is 1. The van der Waals surface area contributed by atoms with Crippen molar-refractivity contribution in [2.75, 3.05) is 24.7 Å². The summed E-state index contributed by atoms with van der Waals surface area (Å²) in [6.07, 6.45) is 0. The zero-order valence-corrected chi connectivity index (χ0v) is 13.7. The van der Waals surface area contributed by atoms with E-state index in [2.05, 4.69) is 25.2 Å². The SMILES string of the molecule is Cc1cc(CNC(=O)c2cc(N)ccc2N(C)C)sc1C. The molecular formula is C16H21N3OS. The molecule has 0 radical (unpaired) electrons. The van der Waals surface area contributed by atoms with Crippen LogP contribution < -0.4 is 16.0 Å². The largest absolute Gasteiger partial charge is 0.399 e. The minimum Gasteiger partial charge on any atom is -0.399 e. The Morgan fingerprint density at radius 3 is 2.57 bits per heavy atom. The zero-order chi connectivity index (χ0) is 15.6. The van der Waals surface area contributed by atoms with E-state index in [0.717, 1.165) is 10.6 Å². The van der Waals surface area contributed by atoms with Crippen molar-refractivity contribution < 1.29 is 4.79 Å². The molecule has 0 spiro atoms. The number of nitrogens with one attached hydrogen (secondary N) is 1. The Bertz CT molecular complexity index is 642. The van der Waals surface area contributed by atoms with E-state index in [0.29, 0.717) is 17.8 Å². The number of amides is 1. The van der Waals surface area contributed by atoms with Crippen LogP contribution in [0.1, 0.15) is 25.7 Å². The molecule has 0 saturated heterocycles. The predicted molar refractivity (Wildman–Crippen MR) is 90.1 cm³/mol. The van der Waals surface area contributed by atoms with Gasteiger partial charge in [-0.15, -0.1) is 11.3 Å². The average Bonchev–Trinajstić information content (AvgIpc) is 2.74. The number of nitrogens with zero attached hydrogens (tertiary/aromatic N) is 1. The molecule has 0 unspecified atom stereocenters. The number of thiophene rings is 1. The minimum atomic E-state index is -0.102. The smallest absolute Gasteiger partial charge is 0.253 e. The highest BCUT2D eigenvalue weighted by molar-refractivity contribution is 7.12. The highest BCUT2D eigenvalue weighted by Gasteiger charge is 2.13. The Balaban J connectivity index is 2.15. The maximum Gasteiger partial charge on any atom is 0.253 e. The molecule has 1 amide bonds. The van der Waals surface area contributed by atoms with Gasteiger partial charge in [0.2, 0.25) is 0 Å². The maximum absolute atomic E-state index is 12.4. The van der Waals surface area contributed by atoms with Gasteiger partial charge in [-0.2, -0.15) is 0 Å². The van der Waals surface area contributed by atoms with Crippen molar-refractivity contribution in [2.45, 2.75) is 20.4 Å². The predicted octanol–water partition coefficient (Wildman–Crippen LogP) is 2.94. The Labute approximate surface area is 129 Å². The lowest BCUT2D eigenvalue weighted by molar-refractivity contribution is 0.0952. The fraction of sp³-hybridized carbons (Fsp3) is 0.312. The summed E-state index contributed by atoms with van der Waals surface area (Å²) in [6.45, 7) is 4.71. The Morgan fingerprint density at radius 1 is 1.29 bits per heavy atom. The van der Waals surface area contributed by atoms with E-state index in [1.165, 1.54) is 10.4 Å². The Hall–Kier alpha value is -2.01. The minimum absolute atomic E-state index is 0.102. The lowest BCUT2D eigenvalue weighted by atomic mass is 10.1. The molecule has 0 saturated carbocycles. The first-order valence-corrected chi connectivity index (χ1v) is 7.61. The lowest BCUT2D eigenvalue weighted by Gasteiger charge is -2.17. The van der Waals surface area contributed by atoms with Gasteiger partial charge >= 0.3 is 0 Å². The third-order valence-electron chi connectivity index (χ3n) is 3.39. The van der Waals surface area contributed by atoms with Crippen LogP contribution >= 0.6 is 11.3 Å². The number of hydrogen-bond acceptors (Lipinski definition) is 4. The van der Waals surface area contributed by atoms with Crippen LogP contribution in [0.2, 0.25) is 0 Å². The molecule has 1 aromatic heterocycles. The number of benzene rings is 1. The van der Waals surface area contributed by atoms with Gasteiger partial charge in [0.1, 0.15) is 0 Å². The van der Waals surface area contributed by atoms with Gasteiger partial charge in [0, 0.05) is 35.2 Å². The van der Waals surface area contributed by atoms with Gasteiger partial charge in [0.15, 0.2) is 0 Å². The maximum atomic E-state index is 12.4. The van der Waals surface area contributed by atoms with Crippen LogP contribution in [0.4, 0.5) is 11.4 Å². The quantitative estimate of drug-likeness (QED) is 0.854. The van der Waals surface area contributed by atoms with Gasteiger partial charge in [-0.1, -0.05) is 0 Å². The van der Waals surface area contributed by atoms with Crippen LogP contribution in [0.5, 0.6) is 0 Å². The van der Waals surface area contributed by atoms with E-state index in [4.69, 9.17) is 5.73 Å². The fourth-order valence-electron chi connectivity index (χ4n) is 2.12. The summed E-state index contributed by atoms with van der Waals surface area (Å²) >= 11 is 1.72. The summed E-state index contributed by atoms with van der Waals surface area (Å²) in [5.41, 5.74) is 9.12. The topological polar surface area (TPSA) is 58.4 Å². The first kappa shape index (κ1) is 15.4. The lowest BCUT2D eigenvalue weighted by Crippen LogP contribution is -2.25. The monoisotopic (exact) mass is 303 g/mol. The van der Waals surface area contributed by atoms with Crippen LogP contribution in [0.25, 0.3) is 0 Å². The number of carbonyl (C=O) groups is 1. The first-order chi connectivity index (χ1) is 9.88. The number of rotatable bonds is 4. The molecule has 1 aromatic carbocycles. The summed E-state index contributed by atoms with van der Waals surface area (Å²) in [4.78, 5) is 16.8. The zero-order valence-electron chi connectivity index (χ0n) is 12.9. The van der Waals surface area contributed by atoms with Crippen molar-refractivity contribution in [2.24, 2.45) is 0 Å². The second kappa shape index (κ2) is 6.18. The molecule has 3 N–H and O–H groups in total. The van der Waals surface area contributed by atoms with Gasteiger partial charge in [-0.25, -0.2) is 0 Å². The van der Waals surface area contributed by atoms with Crippen molar-refractivity contribution in [1.82, 2.24) is 5.32 Å². The van der Waals surface area contributed by atoms with Crippen LogP contribution in [-0.2, 0) is 6.54 Å². The molecule has 1 heterocycles. The number of hydrogen-bond donors (Lipinski definition) is 2. The number of carbonyl (C=O) groups excluding carboxylic acids is 1. The third-order valence-corrected chi connectivity index (χ3v) is 4.54. The standard InChI is InChI=1S/C16H21N3OS/c1-10-7-13(21-11(10)2)9-18-16(20)14-8-12(17)5-6-15(14)19(3)4/h5-8H,9,17H2,1-4H3,(H,18,20). The molecule has 0 aliphatic rings. The van der Waals surface area contributed by atoms with Crippen molar-refractivity contribution >= 4 is 28.6 Å². The average molecular weight is 303 g/mol. The van der Waals surface area contributed by atoms with Gasteiger partial charge in [0.25, 0.3) is 5.91 Å². The molecule has 0 bridgehead atoms. The van der Waals surface area contributed by atoms with Gasteiger partial charge in [0.05, 0.1) is 12.1 Å². The molecule has 4 nitrogen and oxygen atoms in total. The number of nitrogens with two attached hydrogens (primary N) is 1. The molecule has 2 rings (SSSR count). The van der Waals surface area contributed by atoms with Crippen LogP contribution in [0.3, 0.4) is 0 Å². The van der Waals surface area contributed by atoms with Crippen molar-refractivity contribution in [1.29, 1.82) is 0 Å². The van der Waals surface area contributed by atoms with Crippen molar-refractivity contribution in [3.05, 3.63) is 45.1 Å². The van der Waals surface area contributed by atoms with Crippen LogP contribution in [0, 0.1) is 13.8 Å². The van der Waals surface area contributed by atoms with Crippen molar-refractivity contribution in [3.8, 4) is 0 Å². The van der Waals surface area contributed by atoms with E-state index in [1.54, 1.807) is 23.5 Å². The second-order valence-electron chi connectivity index (χ2n) is 5.31. The molecule has 0 aliphatic heterocycles. The van der Waals surface area contributed by atoms with Gasteiger partial charge in [-0.3, -0.25) is 4.79 Å². The summed E-state index contributed by atoms with van der Waals surface area (Å²) < 4.78 is 0. The van der Waals surface area contributed by atoms with Crippen LogP contribution in [-0.4, -0.2) is 20.0 Å². The summed E-state index contributed by atoms with van der Waals surface area (Å²) in [6, 6.07) is 7.50. The molecule has 0 atom stereocenters. The number of aryl methyl sites for hydroxylation is 2. The molecule has 0 fully saturated rings. The highest BCUT2D eigenvalue weighted by atomic mass is 32.1.